The fourth-order valence-electron chi connectivity index (χ4n) is 1.98. The van der Waals surface area contributed by atoms with Gasteiger partial charge in [-0.1, -0.05) is 31.0 Å². The van der Waals surface area contributed by atoms with Gasteiger partial charge in [0.15, 0.2) is 0 Å². The van der Waals surface area contributed by atoms with Gasteiger partial charge in [0.1, 0.15) is 0 Å². The molecule has 1 atom stereocenters. The zero-order valence-electron chi connectivity index (χ0n) is 10.7. The minimum Gasteiger partial charge on any atom is -0.376 e. The van der Waals surface area contributed by atoms with Gasteiger partial charge in [0.05, 0.1) is 6.54 Å². The highest BCUT2D eigenvalue weighted by atomic mass is 35.5. The van der Waals surface area contributed by atoms with E-state index in [2.05, 4.69) is 17.6 Å². The van der Waals surface area contributed by atoms with Gasteiger partial charge in [0.2, 0.25) is 5.91 Å². The Morgan fingerprint density at radius 1 is 1.33 bits per heavy atom. The largest absolute Gasteiger partial charge is 0.376 e. The second-order valence-electron chi connectivity index (χ2n) is 4.87. The Hall–Kier alpha value is -1.22. The van der Waals surface area contributed by atoms with Gasteiger partial charge in [-0.2, -0.15) is 0 Å². The van der Waals surface area contributed by atoms with Crippen LogP contribution in [0.2, 0.25) is 0 Å². The molecule has 18 heavy (non-hydrogen) atoms. The third-order valence-corrected chi connectivity index (χ3v) is 3.02. The highest BCUT2D eigenvalue weighted by Crippen LogP contribution is 2.33. The minimum atomic E-state index is 0. The summed E-state index contributed by atoms with van der Waals surface area (Å²) in [5.74, 6) is 0.925. The lowest BCUT2D eigenvalue weighted by Gasteiger charge is -2.14. The lowest BCUT2D eigenvalue weighted by atomic mass is 10.1. The van der Waals surface area contributed by atoms with Crippen LogP contribution in [-0.2, 0) is 4.79 Å². The molecule has 1 saturated carbocycles. The molecule has 4 heteroatoms. The average molecular weight is 269 g/mol. The van der Waals surface area contributed by atoms with E-state index in [1.807, 2.05) is 30.3 Å². The van der Waals surface area contributed by atoms with E-state index in [0.29, 0.717) is 12.6 Å². The second kappa shape index (κ2) is 7.27. The number of benzene rings is 1. The van der Waals surface area contributed by atoms with Crippen molar-refractivity contribution in [2.24, 2.45) is 5.92 Å². The van der Waals surface area contributed by atoms with Gasteiger partial charge in [-0.05, 0) is 31.4 Å². The molecule has 1 aromatic carbocycles. The normalized spacial score (nSPS) is 15.4. The number of rotatable bonds is 6. The van der Waals surface area contributed by atoms with Crippen molar-refractivity contribution in [2.75, 3.05) is 11.9 Å². The van der Waals surface area contributed by atoms with Crippen LogP contribution in [-0.4, -0.2) is 18.5 Å². The van der Waals surface area contributed by atoms with Crippen molar-refractivity contribution in [3.63, 3.8) is 0 Å². The number of para-hydroxylation sites is 1. The Labute approximate surface area is 115 Å². The number of anilines is 1. The summed E-state index contributed by atoms with van der Waals surface area (Å²) < 4.78 is 0. The van der Waals surface area contributed by atoms with Crippen LogP contribution in [0.5, 0.6) is 0 Å². The highest BCUT2D eigenvalue weighted by molar-refractivity contribution is 5.85. The molecular formula is C14H21ClN2O. The molecule has 0 aromatic heterocycles. The van der Waals surface area contributed by atoms with Crippen molar-refractivity contribution < 1.29 is 4.79 Å². The standard InChI is InChI=1S/C14H20N2O.ClH/c1-11(9-12-7-8-12)16-14(17)10-15-13-5-3-2-4-6-13;/h2-6,11-12,15H,7-10H2,1H3,(H,16,17);1H. The summed E-state index contributed by atoms with van der Waals surface area (Å²) in [5, 5.41) is 6.13. The van der Waals surface area contributed by atoms with Crippen molar-refractivity contribution >= 4 is 24.0 Å². The van der Waals surface area contributed by atoms with Crippen LogP contribution in [0.3, 0.4) is 0 Å². The first kappa shape index (κ1) is 14.8. The van der Waals surface area contributed by atoms with E-state index in [0.717, 1.165) is 18.0 Å². The van der Waals surface area contributed by atoms with Gasteiger partial charge in [-0.3, -0.25) is 4.79 Å². The van der Waals surface area contributed by atoms with Crippen molar-refractivity contribution in [1.29, 1.82) is 0 Å². The maximum absolute atomic E-state index is 11.7. The molecule has 2 N–H and O–H groups in total. The fourth-order valence-corrected chi connectivity index (χ4v) is 1.98. The Morgan fingerprint density at radius 3 is 2.61 bits per heavy atom. The lowest BCUT2D eigenvalue weighted by molar-refractivity contribution is -0.120. The smallest absolute Gasteiger partial charge is 0.239 e. The average Bonchev–Trinajstić information content (AvgIpc) is 3.11. The van der Waals surface area contributed by atoms with Crippen molar-refractivity contribution in [3.05, 3.63) is 30.3 Å². The van der Waals surface area contributed by atoms with Crippen LogP contribution in [0, 0.1) is 5.92 Å². The van der Waals surface area contributed by atoms with E-state index in [1.165, 1.54) is 12.8 Å². The van der Waals surface area contributed by atoms with Gasteiger partial charge < -0.3 is 10.6 Å². The first-order valence-corrected chi connectivity index (χ1v) is 6.32. The van der Waals surface area contributed by atoms with E-state index in [9.17, 15) is 4.79 Å². The molecule has 0 radical (unpaired) electrons. The summed E-state index contributed by atoms with van der Waals surface area (Å²) in [6.45, 7) is 2.43. The van der Waals surface area contributed by atoms with Crippen LogP contribution in [0.4, 0.5) is 5.69 Å². The Balaban J connectivity index is 0.00000162. The SMILES string of the molecule is CC(CC1CC1)NC(=O)CNc1ccccc1.Cl. The predicted octanol–water partition coefficient (Wildman–Crippen LogP) is 2.83. The molecule has 100 valence electrons. The van der Waals surface area contributed by atoms with E-state index in [4.69, 9.17) is 0 Å². The van der Waals surface area contributed by atoms with Crippen LogP contribution in [0.15, 0.2) is 30.3 Å². The molecule has 0 heterocycles. The summed E-state index contributed by atoms with van der Waals surface area (Å²) in [4.78, 5) is 11.7. The zero-order valence-corrected chi connectivity index (χ0v) is 11.5. The van der Waals surface area contributed by atoms with E-state index in [1.54, 1.807) is 0 Å². The lowest BCUT2D eigenvalue weighted by Crippen LogP contribution is -2.36. The number of halogens is 1. The topological polar surface area (TPSA) is 41.1 Å². The Kier molecular flexibility index (Phi) is 5.99. The van der Waals surface area contributed by atoms with Crippen LogP contribution in [0.25, 0.3) is 0 Å². The van der Waals surface area contributed by atoms with Crippen molar-refractivity contribution in [1.82, 2.24) is 5.32 Å². The van der Waals surface area contributed by atoms with E-state index < -0.39 is 0 Å². The molecule has 0 bridgehead atoms. The number of nitrogens with one attached hydrogen (secondary N) is 2. The van der Waals surface area contributed by atoms with Gasteiger partial charge >= 0.3 is 0 Å². The minimum absolute atomic E-state index is 0. The molecule has 0 spiro atoms. The number of carbonyl (C=O) groups is 1. The molecule has 1 aliphatic carbocycles. The molecule has 1 aromatic rings. The first-order valence-electron chi connectivity index (χ1n) is 6.32. The molecule has 1 aliphatic rings. The third-order valence-electron chi connectivity index (χ3n) is 3.02. The Bertz CT molecular complexity index is 365. The van der Waals surface area contributed by atoms with Gasteiger partial charge in [-0.15, -0.1) is 12.4 Å². The van der Waals surface area contributed by atoms with Crippen molar-refractivity contribution in [3.8, 4) is 0 Å². The van der Waals surface area contributed by atoms with Crippen LogP contribution < -0.4 is 10.6 Å². The Morgan fingerprint density at radius 2 is 2.00 bits per heavy atom. The highest BCUT2D eigenvalue weighted by Gasteiger charge is 2.23. The summed E-state index contributed by atoms with van der Waals surface area (Å²) in [6, 6.07) is 10.1. The van der Waals surface area contributed by atoms with Gasteiger partial charge in [0, 0.05) is 11.7 Å². The molecule has 1 unspecified atom stereocenters. The van der Waals surface area contributed by atoms with Crippen LogP contribution in [0.1, 0.15) is 26.2 Å². The predicted molar refractivity (Wildman–Crippen MR) is 77.1 cm³/mol. The van der Waals surface area contributed by atoms with E-state index in [-0.39, 0.29) is 18.3 Å². The number of amides is 1. The number of carbonyl (C=O) groups excluding carboxylic acids is 1. The van der Waals surface area contributed by atoms with Gasteiger partial charge in [-0.25, -0.2) is 0 Å². The van der Waals surface area contributed by atoms with Gasteiger partial charge in [0.25, 0.3) is 0 Å². The molecule has 1 amide bonds. The molecular weight excluding hydrogens is 248 g/mol. The molecule has 1 fully saturated rings. The third kappa shape index (κ3) is 5.41. The number of hydrogen-bond donors (Lipinski definition) is 2. The summed E-state index contributed by atoms with van der Waals surface area (Å²) in [5.41, 5.74) is 0.984. The molecule has 3 nitrogen and oxygen atoms in total. The monoisotopic (exact) mass is 268 g/mol. The van der Waals surface area contributed by atoms with E-state index >= 15 is 0 Å². The molecule has 0 aliphatic heterocycles. The summed E-state index contributed by atoms with van der Waals surface area (Å²) in [7, 11) is 0. The summed E-state index contributed by atoms with van der Waals surface area (Å²) in [6.07, 6.45) is 3.79. The second-order valence-corrected chi connectivity index (χ2v) is 4.87. The van der Waals surface area contributed by atoms with Crippen LogP contribution >= 0.6 is 12.4 Å². The quantitative estimate of drug-likeness (QED) is 0.833. The van der Waals surface area contributed by atoms with Crippen molar-refractivity contribution in [2.45, 2.75) is 32.2 Å². The maximum atomic E-state index is 11.7. The molecule has 2 rings (SSSR count). The number of hydrogen-bond acceptors (Lipinski definition) is 2. The first-order chi connectivity index (χ1) is 8.24. The zero-order chi connectivity index (χ0) is 12.1. The maximum Gasteiger partial charge on any atom is 0.239 e. The molecule has 0 saturated heterocycles. The summed E-state index contributed by atoms with van der Waals surface area (Å²) >= 11 is 0. The fraction of sp³-hybridized carbons (Fsp3) is 0.500.